The summed E-state index contributed by atoms with van der Waals surface area (Å²) in [6.45, 7) is 3.49. The first kappa shape index (κ1) is 17.9. The molecule has 0 radical (unpaired) electrons. The Bertz CT molecular complexity index is 693. The summed E-state index contributed by atoms with van der Waals surface area (Å²) in [7, 11) is 0. The molecule has 0 unspecified atom stereocenters. The first-order valence-corrected chi connectivity index (χ1v) is 9.44. The molecule has 0 spiro atoms. The molecule has 2 atom stereocenters. The van der Waals surface area contributed by atoms with Crippen LogP contribution in [0.15, 0.2) is 29.8 Å². The van der Waals surface area contributed by atoms with Crippen LogP contribution in [0.1, 0.15) is 29.2 Å². The van der Waals surface area contributed by atoms with E-state index < -0.39 is 6.17 Å². The van der Waals surface area contributed by atoms with Crippen LogP contribution in [-0.4, -0.2) is 46.1 Å². The van der Waals surface area contributed by atoms with Gasteiger partial charge in [-0.25, -0.2) is 9.37 Å². The lowest BCUT2D eigenvalue weighted by Gasteiger charge is -2.23. The summed E-state index contributed by atoms with van der Waals surface area (Å²) in [4.78, 5) is 22.8. The van der Waals surface area contributed by atoms with E-state index in [1.807, 2.05) is 30.5 Å². The lowest BCUT2D eigenvalue weighted by atomic mass is 10.2. The molecule has 7 heteroatoms. The van der Waals surface area contributed by atoms with Crippen LogP contribution in [0, 0.1) is 6.92 Å². The van der Waals surface area contributed by atoms with Crippen molar-refractivity contribution in [2.75, 3.05) is 13.1 Å². The Labute approximate surface area is 151 Å². The number of halogens is 1. The SMILES string of the molecule is Cc1nc(CN2C[C@@H](F)C[C@H]2CNC(=O)CCc2ccccn2)cs1. The van der Waals surface area contributed by atoms with Crippen LogP contribution >= 0.6 is 11.3 Å². The van der Waals surface area contributed by atoms with Gasteiger partial charge in [0.25, 0.3) is 0 Å². The molecule has 1 N–H and O–H groups in total. The number of pyridine rings is 1. The van der Waals surface area contributed by atoms with E-state index in [4.69, 9.17) is 0 Å². The number of nitrogens with one attached hydrogen (secondary N) is 1. The number of alkyl halides is 1. The monoisotopic (exact) mass is 362 g/mol. The largest absolute Gasteiger partial charge is 0.355 e. The third-order valence-electron chi connectivity index (χ3n) is 4.38. The zero-order chi connectivity index (χ0) is 17.6. The lowest BCUT2D eigenvalue weighted by molar-refractivity contribution is -0.121. The van der Waals surface area contributed by atoms with Gasteiger partial charge in [0.05, 0.1) is 10.7 Å². The maximum atomic E-state index is 13.8. The van der Waals surface area contributed by atoms with Gasteiger partial charge in [0.1, 0.15) is 6.17 Å². The number of amides is 1. The van der Waals surface area contributed by atoms with Crippen LogP contribution in [-0.2, 0) is 17.8 Å². The number of thiazole rings is 1. The highest BCUT2D eigenvalue weighted by Gasteiger charge is 2.32. The van der Waals surface area contributed by atoms with Crippen LogP contribution < -0.4 is 5.32 Å². The maximum absolute atomic E-state index is 13.8. The summed E-state index contributed by atoms with van der Waals surface area (Å²) in [5.41, 5.74) is 1.88. The van der Waals surface area contributed by atoms with Crippen LogP contribution in [0.25, 0.3) is 0 Å². The highest BCUT2D eigenvalue weighted by Crippen LogP contribution is 2.23. The summed E-state index contributed by atoms with van der Waals surface area (Å²) >= 11 is 1.61. The highest BCUT2D eigenvalue weighted by atomic mass is 32.1. The molecule has 0 bridgehead atoms. The molecule has 3 rings (SSSR count). The quantitative estimate of drug-likeness (QED) is 0.822. The fourth-order valence-electron chi connectivity index (χ4n) is 3.13. The van der Waals surface area contributed by atoms with Gasteiger partial charge in [-0.1, -0.05) is 6.07 Å². The highest BCUT2D eigenvalue weighted by molar-refractivity contribution is 7.09. The van der Waals surface area contributed by atoms with E-state index in [1.165, 1.54) is 0 Å². The first-order chi connectivity index (χ1) is 12.1. The second-order valence-corrected chi connectivity index (χ2v) is 7.46. The number of carbonyl (C=O) groups excluding carboxylic acids is 1. The average molecular weight is 362 g/mol. The minimum atomic E-state index is -0.838. The average Bonchev–Trinajstić information content (AvgIpc) is 3.17. The van der Waals surface area contributed by atoms with Gasteiger partial charge in [-0.2, -0.15) is 0 Å². The Kier molecular flexibility index (Phi) is 6.09. The summed E-state index contributed by atoms with van der Waals surface area (Å²) < 4.78 is 13.8. The number of likely N-dealkylation sites (tertiary alicyclic amines) is 1. The van der Waals surface area contributed by atoms with E-state index in [9.17, 15) is 9.18 Å². The molecule has 3 heterocycles. The van der Waals surface area contributed by atoms with Crippen LogP contribution in [0.4, 0.5) is 4.39 Å². The van der Waals surface area contributed by atoms with Crippen molar-refractivity contribution in [3.05, 3.63) is 46.2 Å². The van der Waals surface area contributed by atoms with Crippen molar-refractivity contribution < 1.29 is 9.18 Å². The Morgan fingerprint density at radius 3 is 3.04 bits per heavy atom. The molecule has 2 aromatic heterocycles. The predicted molar refractivity (Wildman–Crippen MR) is 96.1 cm³/mol. The first-order valence-electron chi connectivity index (χ1n) is 8.56. The van der Waals surface area contributed by atoms with E-state index in [2.05, 4.69) is 20.2 Å². The van der Waals surface area contributed by atoms with Crippen molar-refractivity contribution in [1.82, 2.24) is 20.2 Å². The Morgan fingerprint density at radius 2 is 2.32 bits per heavy atom. The van der Waals surface area contributed by atoms with Crippen LogP contribution in [0.3, 0.4) is 0 Å². The molecule has 25 heavy (non-hydrogen) atoms. The topological polar surface area (TPSA) is 58.1 Å². The molecule has 2 aromatic rings. The van der Waals surface area contributed by atoms with Gasteiger partial charge < -0.3 is 5.32 Å². The summed E-state index contributed by atoms with van der Waals surface area (Å²) in [5, 5.41) is 5.98. The van der Waals surface area contributed by atoms with Crippen molar-refractivity contribution >= 4 is 17.2 Å². The maximum Gasteiger partial charge on any atom is 0.220 e. The second-order valence-electron chi connectivity index (χ2n) is 6.40. The van der Waals surface area contributed by atoms with E-state index in [0.717, 1.165) is 16.4 Å². The van der Waals surface area contributed by atoms with Gasteiger partial charge in [0, 0.05) is 49.4 Å². The minimum Gasteiger partial charge on any atom is -0.355 e. The molecule has 1 saturated heterocycles. The molecule has 134 valence electrons. The minimum absolute atomic E-state index is 0.0163. The summed E-state index contributed by atoms with van der Waals surface area (Å²) in [6, 6.07) is 5.71. The Balaban J connectivity index is 1.46. The Morgan fingerprint density at radius 1 is 1.44 bits per heavy atom. The van der Waals surface area contributed by atoms with Crippen molar-refractivity contribution in [2.45, 2.75) is 44.9 Å². The van der Waals surface area contributed by atoms with Crippen molar-refractivity contribution in [3.8, 4) is 0 Å². The number of nitrogens with zero attached hydrogens (tertiary/aromatic N) is 3. The number of hydrogen-bond donors (Lipinski definition) is 1. The third kappa shape index (κ3) is 5.31. The molecule has 5 nitrogen and oxygen atoms in total. The second kappa shape index (κ2) is 8.49. The van der Waals surface area contributed by atoms with Gasteiger partial charge in [0.2, 0.25) is 5.91 Å². The van der Waals surface area contributed by atoms with E-state index in [-0.39, 0.29) is 11.9 Å². The molecule has 1 fully saturated rings. The molecule has 1 aliphatic heterocycles. The zero-order valence-electron chi connectivity index (χ0n) is 14.3. The van der Waals surface area contributed by atoms with E-state index in [0.29, 0.717) is 38.9 Å². The number of aryl methyl sites for hydroxylation is 2. The molecular formula is C18H23FN4OS. The van der Waals surface area contributed by atoms with Gasteiger partial charge in [0.15, 0.2) is 0 Å². The molecular weight excluding hydrogens is 339 g/mol. The number of hydrogen-bond acceptors (Lipinski definition) is 5. The number of carbonyl (C=O) groups is 1. The fraction of sp³-hybridized carbons (Fsp3) is 0.500. The summed E-state index contributed by atoms with van der Waals surface area (Å²) in [6.07, 6.45) is 2.36. The summed E-state index contributed by atoms with van der Waals surface area (Å²) in [5.74, 6) is -0.0163. The lowest BCUT2D eigenvalue weighted by Crippen LogP contribution is -2.40. The zero-order valence-corrected chi connectivity index (χ0v) is 15.1. The smallest absolute Gasteiger partial charge is 0.220 e. The van der Waals surface area contributed by atoms with Gasteiger partial charge in [-0.3, -0.25) is 14.7 Å². The number of rotatable bonds is 7. The molecule has 0 aromatic carbocycles. The van der Waals surface area contributed by atoms with Crippen molar-refractivity contribution in [2.24, 2.45) is 0 Å². The fourth-order valence-corrected chi connectivity index (χ4v) is 3.73. The predicted octanol–water partition coefficient (Wildman–Crippen LogP) is 2.51. The van der Waals surface area contributed by atoms with Gasteiger partial charge >= 0.3 is 0 Å². The molecule has 0 aliphatic carbocycles. The van der Waals surface area contributed by atoms with Crippen molar-refractivity contribution in [3.63, 3.8) is 0 Å². The molecule has 1 aliphatic rings. The third-order valence-corrected chi connectivity index (χ3v) is 5.20. The Hall–Kier alpha value is -1.86. The van der Waals surface area contributed by atoms with Crippen LogP contribution in [0.5, 0.6) is 0 Å². The van der Waals surface area contributed by atoms with Crippen molar-refractivity contribution in [1.29, 1.82) is 0 Å². The number of aromatic nitrogens is 2. The van der Waals surface area contributed by atoms with Gasteiger partial charge in [-0.15, -0.1) is 11.3 Å². The van der Waals surface area contributed by atoms with Crippen LogP contribution in [0.2, 0.25) is 0 Å². The van der Waals surface area contributed by atoms with E-state index >= 15 is 0 Å². The molecule has 1 amide bonds. The standard InChI is InChI=1S/C18H23FN4OS/c1-13-22-16(12-25-13)11-23-10-14(19)8-17(23)9-21-18(24)6-5-15-4-2-3-7-20-15/h2-4,7,12,14,17H,5-6,8-11H2,1H3,(H,21,24)/t14-,17-/m0/s1. The normalized spacial score (nSPS) is 20.7. The van der Waals surface area contributed by atoms with E-state index in [1.54, 1.807) is 17.5 Å². The molecule has 0 saturated carbocycles. The van der Waals surface area contributed by atoms with Gasteiger partial charge in [-0.05, 0) is 31.9 Å².